The molecule has 0 spiro atoms. The van der Waals surface area contributed by atoms with E-state index in [0.717, 1.165) is 11.1 Å². The smallest absolute Gasteiger partial charge is 0.251 e. The second kappa shape index (κ2) is 9.97. The highest BCUT2D eigenvalue weighted by atomic mass is 16.4. The maximum Gasteiger partial charge on any atom is 0.251 e. The summed E-state index contributed by atoms with van der Waals surface area (Å²) in [6, 6.07) is 16.1. The van der Waals surface area contributed by atoms with Crippen LogP contribution in [0.15, 0.2) is 59.0 Å². The molecular formula is C21H21N5O4. The van der Waals surface area contributed by atoms with E-state index in [0.29, 0.717) is 30.3 Å². The van der Waals surface area contributed by atoms with Crippen molar-refractivity contribution in [2.75, 3.05) is 6.54 Å². The number of hydrogen-bond donors (Lipinski definition) is 3. The molecule has 154 valence electrons. The molecule has 0 aliphatic carbocycles. The predicted molar refractivity (Wildman–Crippen MR) is 108 cm³/mol. The van der Waals surface area contributed by atoms with Gasteiger partial charge in [0.25, 0.3) is 5.91 Å². The van der Waals surface area contributed by atoms with Gasteiger partial charge in [-0.15, -0.1) is 10.2 Å². The van der Waals surface area contributed by atoms with Crippen LogP contribution in [0.4, 0.5) is 0 Å². The van der Waals surface area contributed by atoms with E-state index in [1.54, 1.807) is 24.3 Å². The van der Waals surface area contributed by atoms with E-state index in [1.165, 1.54) is 0 Å². The van der Waals surface area contributed by atoms with Gasteiger partial charge in [0.05, 0.1) is 6.54 Å². The van der Waals surface area contributed by atoms with E-state index in [1.807, 2.05) is 30.3 Å². The second-order valence-corrected chi connectivity index (χ2v) is 6.49. The first kappa shape index (κ1) is 20.7. The molecule has 0 unspecified atom stereocenters. The van der Waals surface area contributed by atoms with Crippen molar-refractivity contribution >= 4 is 17.7 Å². The van der Waals surface area contributed by atoms with Gasteiger partial charge in [-0.25, -0.2) is 0 Å². The van der Waals surface area contributed by atoms with Crippen LogP contribution in [0.2, 0.25) is 0 Å². The Morgan fingerprint density at radius 2 is 1.67 bits per heavy atom. The van der Waals surface area contributed by atoms with Crippen LogP contribution in [0.1, 0.15) is 28.2 Å². The highest BCUT2D eigenvalue weighted by Crippen LogP contribution is 2.17. The first-order valence-corrected chi connectivity index (χ1v) is 9.31. The lowest BCUT2D eigenvalue weighted by molar-refractivity contribution is -0.121. The van der Waals surface area contributed by atoms with E-state index >= 15 is 0 Å². The van der Waals surface area contributed by atoms with Crippen LogP contribution in [0.5, 0.6) is 0 Å². The standard InChI is InChI=1S/C21H21N5O4/c22-17(27)13-24-20(29)15-8-6-14(7-9-15)12-23-18(28)10-11-19-25-26-21(30-19)16-4-2-1-3-5-16/h1-9H,10-13H2,(H2,22,27)(H,23,28)(H,24,29). The summed E-state index contributed by atoms with van der Waals surface area (Å²) in [5.74, 6) is -0.336. The number of amides is 3. The molecule has 0 radical (unpaired) electrons. The molecule has 1 heterocycles. The van der Waals surface area contributed by atoms with Crippen LogP contribution in [-0.4, -0.2) is 34.5 Å². The quantitative estimate of drug-likeness (QED) is 0.487. The summed E-state index contributed by atoms with van der Waals surface area (Å²) in [4.78, 5) is 34.6. The Labute approximate surface area is 172 Å². The number of nitrogens with one attached hydrogen (secondary N) is 2. The fourth-order valence-corrected chi connectivity index (χ4v) is 2.60. The lowest BCUT2D eigenvalue weighted by Gasteiger charge is -2.06. The molecule has 1 aromatic heterocycles. The van der Waals surface area contributed by atoms with Crippen molar-refractivity contribution in [2.45, 2.75) is 19.4 Å². The fraction of sp³-hybridized carbons (Fsp3) is 0.190. The Hall–Kier alpha value is -4.01. The Balaban J connectivity index is 1.43. The van der Waals surface area contributed by atoms with Crippen LogP contribution in [0, 0.1) is 0 Å². The number of aromatic nitrogens is 2. The van der Waals surface area contributed by atoms with Gasteiger partial charge in [-0.3, -0.25) is 14.4 Å². The first-order chi connectivity index (χ1) is 14.5. The Morgan fingerprint density at radius 3 is 2.37 bits per heavy atom. The minimum Gasteiger partial charge on any atom is -0.421 e. The molecule has 9 heteroatoms. The van der Waals surface area contributed by atoms with Crippen LogP contribution < -0.4 is 16.4 Å². The van der Waals surface area contributed by atoms with Gasteiger partial charge in [0.1, 0.15) is 0 Å². The largest absolute Gasteiger partial charge is 0.421 e. The molecule has 30 heavy (non-hydrogen) atoms. The zero-order valence-electron chi connectivity index (χ0n) is 16.1. The molecule has 3 aromatic rings. The van der Waals surface area contributed by atoms with Crippen LogP contribution in [0.3, 0.4) is 0 Å². The van der Waals surface area contributed by atoms with Gasteiger partial charge in [0, 0.05) is 30.5 Å². The third-order valence-corrected chi connectivity index (χ3v) is 4.18. The lowest BCUT2D eigenvalue weighted by atomic mass is 10.1. The maximum absolute atomic E-state index is 12.1. The van der Waals surface area contributed by atoms with Gasteiger partial charge in [0.2, 0.25) is 23.6 Å². The van der Waals surface area contributed by atoms with Crippen LogP contribution >= 0.6 is 0 Å². The van der Waals surface area contributed by atoms with Gasteiger partial charge >= 0.3 is 0 Å². The van der Waals surface area contributed by atoms with Gasteiger partial charge in [-0.05, 0) is 29.8 Å². The van der Waals surface area contributed by atoms with Crippen molar-refractivity contribution in [1.82, 2.24) is 20.8 Å². The average molecular weight is 407 g/mol. The second-order valence-electron chi connectivity index (χ2n) is 6.49. The maximum atomic E-state index is 12.1. The average Bonchev–Trinajstić information content (AvgIpc) is 3.24. The molecule has 0 atom stereocenters. The third kappa shape index (κ3) is 5.99. The summed E-state index contributed by atoms with van der Waals surface area (Å²) in [6.45, 7) is 0.102. The zero-order valence-corrected chi connectivity index (χ0v) is 16.1. The molecule has 0 saturated carbocycles. The number of aryl methyl sites for hydroxylation is 1. The highest BCUT2D eigenvalue weighted by Gasteiger charge is 2.11. The fourth-order valence-electron chi connectivity index (χ4n) is 2.60. The molecule has 3 rings (SSSR count). The Bertz CT molecular complexity index is 1020. The topological polar surface area (TPSA) is 140 Å². The number of rotatable bonds is 9. The zero-order chi connectivity index (χ0) is 21.3. The predicted octanol–water partition coefficient (Wildman–Crippen LogP) is 1.20. The molecule has 0 aliphatic rings. The summed E-state index contributed by atoms with van der Waals surface area (Å²) in [5, 5.41) is 13.2. The minimum atomic E-state index is -0.612. The molecule has 0 fully saturated rings. The summed E-state index contributed by atoms with van der Waals surface area (Å²) in [5.41, 5.74) is 7.05. The van der Waals surface area contributed by atoms with Crippen molar-refractivity contribution in [3.05, 3.63) is 71.6 Å². The van der Waals surface area contributed by atoms with Crippen LogP contribution in [0.25, 0.3) is 11.5 Å². The van der Waals surface area contributed by atoms with Crippen molar-refractivity contribution in [1.29, 1.82) is 0 Å². The molecule has 0 saturated heterocycles. The van der Waals surface area contributed by atoms with Gasteiger partial charge < -0.3 is 20.8 Å². The Kier molecular flexibility index (Phi) is 6.88. The van der Waals surface area contributed by atoms with E-state index in [2.05, 4.69) is 20.8 Å². The monoisotopic (exact) mass is 407 g/mol. The number of nitrogens with two attached hydrogens (primary N) is 1. The Morgan fingerprint density at radius 1 is 0.933 bits per heavy atom. The van der Waals surface area contributed by atoms with E-state index < -0.39 is 5.91 Å². The number of carbonyl (C=O) groups excluding carboxylic acids is 3. The number of hydrogen-bond acceptors (Lipinski definition) is 6. The molecule has 2 aromatic carbocycles. The van der Waals surface area contributed by atoms with E-state index in [9.17, 15) is 14.4 Å². The third-order valence-electron chi connectivity index (χ3n) is 4.18. The van der Waals surface area contributed by atoms with Crippen molar-refractivity contribution in [3.63, 3.8) is 0 Å². The molecule has 0 aliphatic heterocycles. The molecule has 9 nitrogen and oxygen atoms in total. The van der Waals surface area contributed by atoms with E-state index in [4.69, 9.17) is 10.2 Å². The van der Waals surface area contributed by atoms with Crippen LogP contribution in [-0.2, 0) is 22.6 Å². The number of benzene rings is 2. The van der Waals surface area contributed by atoms with E-state index in [-0.39, 0.29) is 24.8 Å². The number of primary amides is 1. The SMILES string of the molecule is NC(=O)CNC(=O)c1ccc(CNC(=O)CCc2nnc(-c3ccccc3)o2)cc1. The number of carbonyl (C=O) groups is 3. The van der Waals surface area contributed by atoms with Crippen molar-refractivity contribution in [2.24, 2.45) is 5.73 Å². The molecular weight excluding hydrogens is 386 g/mol. The lowest BCUT2D eigenvalue weighted by Crippen LogP contribution is -2.33. The minimum absolute atomic E-state index is 0.155. The molecule has 4 N–H and O–H groups in total. The van der Waals surface area contributed by atoms with Gasteiger partial charge in [0.15, 0.2) is 0 Å². The normalized spacial score (nSPS) is 10.4. The highest BCUT2D eigenvalue weighted by molar-refractivity contribution is 5.96. The van der Waals surface area contributed by atoms with Gasteiger partial charge in [-0.1, -0.05) is 30.3 Å². The molecule has 3 amide bonds. The number of nitrogens with zero attached hydrogens (tertiary/aromatic N) is 2. The summed E-state index contributed by atoms with van der Waals surface area (Å²) in [6.07, 6.45) is 0.550. The van der Waals surface area contributed by atoms with Crippen molar-refractivity contribution < 1.29 is 18.8 Å². The molecule has 0 bridgehead atoms. The summed E-state index contributed by atoms with van der Waals surface area (Å²) in [7, 11) is 0. The van der Waals surface area contributed by atoms with Gasteiger partial charge in [-0.2, -0.15) is 0 Å². The van der Waals surface area contributed by atoms with Crippen molar-refractivity contribution in [3.8, 4) is 11.5 Å². The first-order valence-electron chi connectivity index (χ1n) is 9.31. The summed E-state index contributed by atoms with van der Waals surface area (Å²) >= 11 is 0. The summed E-state index contributed by atoms with van der Waals surface area (Å²) < 4.78 is 5.58.